The van der Waals surface area contributed by atoms with E-state index in [0.717, 1.165) is 28.3 Å². The van der Waals surface area contributed by atoms with E-state index in [2.05, 4.69) is 34.4 Å². The lowest BCUT2D eigenvalue weighted by atomic mass is 10.0. The summed E-state index contributed by atoms with van der Waals surface area (Å²) in [7, 11) is 0. The van der Waals surface area contributed by atoms with Crippen molar-refractivity contribution in [2.45, 2.75) is 26.3 Å². The summed E-state index contributed by atoms with van der Waals surface area (Å²) in [5.74, 6) is 1.88. The number of nitrogens with one attached hydrogen (secondary N) is 2. The zero-order chi connectivity index (χ0) is 20.2. The van der Waals surface area contributed by atoms with Gasteiger partial charge in [0.15, 0.2) is 11.5 Å². The Bertz CT molecular complexity index is 1040. The van der Waals surface area contributed by atoms with E-state index in [9.17, 15) is 4.79 Å². The molecule has 7 heteroatoms. The summed E-state index contributed by atoms with van der Waals surface area (Å²) in [4.78, 5) is 21.2. The quantitative estimate of drug-likeness (QED) is 0.656. The molecule has 1 amide bonds. The van der Waals surface area contributed by atoms with Crippen molar-refractivity contribution in [1.29, 1.82) is 0 Å². The van der Waals surface area contributed by atoms with Crippen molar-refractivity contribution in [3.8, 4) is 11.5 Å². The van der Waals surface area contributed by atoms with Crippen molar-refractivity contribution in [3.63, 3.8) is 0 Å². The summed E-state index contributed by atoms with van der Waals surface area (Å²) >= 11 is 0. The molecule has 2 aromatic carbocycles. The van der Waals surface area contributed by atoms with Gasteiger partial charge in [0.05, 0.1) is 0 Å². The number of nitrogens with zero attached hydrogens (tertiary/aromatic N) is 2. The maximum atomic E-state index is 12.7. The number of benzene rings is 2. The van der Waals surface area contributed by atoms with Gasteiger partial charge in [0.2, 0.25) is 12.7 Å². The van der Waals surface area contributed by atoms with Crippen LogP contribution in [0.1, 0.15) is 41.4 Å². The predicted molar refractivity (Wildman–Crippen MR) is 110 cm³/mol. The van der Waals surface area contributed by atoms with Gasteiger partial charge in [-0.15, -0.1) is 0 Å². The summed E-state index contributed by atoms with van der Waals surface area (Å²) in [5, 5.41) is 6.09. The molecule has 0 aliphatic carbocycles. The third kappa shape index (κ3) is 4.29. The molecule has 2 heterocycles. The van der Waals surface area contributed by atoms with Gasteiger partial charge in [0, 0.05) is 18.4 Å². The van der Waals surface area contributed by atoms with Crippen LogP contribution in [-0.4, -0.2) is 22.7 Å². The van der Waals surface area contributed by atoms with Crippen molar-refractivity contribution in [3.05, 3.63) is 71.5 Å². The highest BCUT2D eigenvalue weighted by atomic mass is 16.7. The van der Waals surface area contributed by atoms with E-state index in [4.69, 9.17) is 9.47 Å². The van der Waals surface area contributed by atoms with Gasteiger partial charge in [0.1, 0.15) is 5.69 Å². The number of anilines is 2. The second-order valence-electron chi connectivity index (χ2n) is 7.00. The van der Waals surface area contributed by atoms with Gasteiger partial charge in [-0.2, -0.15) is 0 Å². The molecule has 0 atom stereocenters. The third-order valence-electron chi connectivity index (χ3n) is 4.61. The second-order valence-corrected chi connectivity index (χ2v) is 7.00. The number of rotatable bonds is 6. The van der Waals surface area contributed by atoms with Crippen LogP contribution >= 0.6 is 0 Å². The minimum absolute atomic E-state index is 0.242. The molecule has 1 aliphatic heterocycles. The van der Waals surface area contributed by atoms with Crippen LogP contribution in [0.5, 0.6) is 11.5 Å². The molecule has 29 heavy (non-hydrogen) atoms. The average molecular weight is 390 g/mol. The molecular formula is C22H22N4O3. The molecule has 7 nitrogen and oxygen atoms in total. The standard InChI is InChI=1S/C22H22N4O3/c1-14(2)16-5-3-4-6-17(16)25-21(27)18-9-10-23-22(26-18)24-12-15-7-8-19-20(11-15)29-13-28-19/h3-11,14H,12-13H2,1-2H3,(H,25,27)(H,23,24,26). The Morgan fingerprint density at radius 2 is 1.93 bits per heavy atom. The first-order valence-electron chi connectivity index (χ1n) is 9.46. The zero-order valence-electron chi connectivity index (χ0n) is 16.3. The average Bonchev–Trinajstić information content (AvgIpc) is 3.20. The van der Waals surface area contributed by atoms with Crippen molar-refractivity contribution in [1.82, 2.24) is 9.97 Å². The fourth-order valence-corrected chi connectivity index (χ4v) is 3.10. The van der Waals surface area contributed by atoms with Gasteiger partial charge in [-0.1, -0.05) is 38.1 Å². The summed E-state index contributed by atoms with van der Waals surface area (Å²) in [5.41, 5.74) is 3.17. The Kier molecular flexibility index (Phi) is 5.29. The molecule has 1 aliphatic rings. The minimum atomic E-state index is -0.272. The Hall–Kier alpha value is -3.61. The van der Waals surface area contributed by atoms with Gasteiger partial charge in [-0.3, -0.25) is 4.79 Å². The summed E-state index contributed by atoms with van der Waals surface area (Å²) in [6.45, 7) is 4.92. The van der Waals surface area contributed by atoms with Crippen molar-refractivity contribution < 1.29 is 14.3 Å². The lowest BCUT2D eigenvalue weighted by Gasteiger charge is -2.13. The number of amides is 1. The molecule has 0 saturated heterocycles. The van der Waals surface area contributed by atoms with Gasteiger partial charge >= 0.3 is 0 Å². The van der Waals surface area contributed by atoms with Crippen LogP contribution < -0.4 is 20.1 Å². The molecule has 3 aromatic rings. The van der Waals surface area contributed by atoms with Crippen molar-refractivity contribution in [2.75, 3.05) is 17.4 Å². The number of hydrogen-bond donors (Lipinski definition) is 2. The zero-order valence-corrected chi connectivity index (χ0v) is 16.3. The van der Waals surface area contributed by atoms with Crippen molar-refractivity contribution >= 4 is 17.5 Å². The molecule has 2 N–H and O–H groups in total. The number of aromatic nitrogens is 2. The van der Waals surface area contributed by atoms with Crippen LogP contribution in [0.3, 0.4) is 0 Å². The lowest BCUT2D eigenvalue weighted by Crippen LogP contribution is -2.16. The SMILES string of the molecule is CC(C)c1ccccc1NC(=O)c1ccnc(NCc2ccc3c(c2)OCO3)n1. The molecule has 148 valence electrons. The number of carbonyl (C=O) groups excluding carboxylic acids is 1. The monoisotopic (exact) mass is 390 g/mol. The molecule has 1 aromatic heterocycles. The highest BCUT2D eigenvalue weighted by Gasteiger charge is 2.14. The fourth-order valence-electron chi connectivity index (χ4n) is 3.10. The number of ether oxygens (including phenoxy) is 2. The largest absolute Gasteiger partial charge is 0.454 e. The number of para-hydroxylation sites is 1. The van der Waals surface area contributed by atoms with E-state index in [-0.39, 0.29) is 12.7 Å². The van der Waals surface area contributed by atoms with Gasteiger partial charge in [-0.25, -0.2) is 9.97 Å². The van der Waals surface area contributed by atoms with E-state index in [0.29, 0.717) is 24.1 Å². The summed E-state index contributed by atoms with van der Waals surface area (Å²) in [6.07, 6.45) is 1.57. The smallest absolute Gasteiger partial charge is 0.274 e. The molecule has 4 rings (SSSR count). The second kappa shape index (κ2) is 8.18. The number of carbonyl (C=O) groups is 1. The molecule has 0 spiro atoms. The Labute approximate surface area is 169 Å². The van der Waals surface area contributed by atoms with Crippen LogP contribution in [0.2, 0.25) is 0 Å². The van der Waals surface area contributed by atoms with Gasteiger partial charge in [-0.05, 0) is 41.3 Å². The van der Waals surface area contributed by atoms with Gasteiger partial charge < -0.3 is 20.1 Å². The molecule has 0 saturated carbocycles. The summed E-state index contributed by atoms with van der Waals surface area (Å²) < 4.78 is 10.7. The highest BCUT2D eigenvalue weighted by molar-refractivity contribution is 6.03. The van der Waals surface area contributed by atoms with E-state index >= 15 is 0 Å². The minimum Gasteiger partial charge on any atom is -0.454 e. The normalized spacial score (nSPS) is 12.1. The first-order chi connectivity index (χ1) is 14.1. The highest BCUT2D eigenvalue weighted by Crippen LogP contribution is 2.32. The van der Waals surface area contributed by atoms with Crippen molar-refractivity contribution in [2.24, 2.45) is 0 Å². The Morgan fingerprint density at radius 1 is 1.10 bits per heavy atom. The Morgan fingerprint density at radius 3 is 2.79 bits per heavy atom. The predicted octanol–water partition coefficient (Wildman–Crippen LogP) is 4.19. The van der Waals surface area contributed by atoms with E-state index in [1.165, 1.54) is 0 Å². The lowest BCUT2D eigenvalue weighted by molar-refractivity contribution is 0.102. The molecule has 0 radical (unpaired) electrons. The van der Waals surface area contributed by atoms with E-state index < -0.39 is 0 Å². The van der Waals surface area contributed by atoms with Crippen LogP contribution in [0.15, 0.2) is 54.7 Å². The van der Waals surface area contributed by atoms with Crippen LogP contribution in [0.25, 0.3) is 0 Å². The number of hydrogen-bond acceptors (Lipinski definition) is 6. The molecule has 0 bridgehead atoms. The Balaban J connectivity index is 1.44. The first-order valence-corrected chi connectivity index (χ1v) is 9.46. The topological polar surface area (TPSA) is 85.4 Å². The van der Waals surface area contributed by atoms with Gasteiger partial charge in [0.25, 0.3) is 5.91 Å². The molecular weight excluding hydrogens is 368 g/mol. The fraction of sp³-hybridized carbons (Fsp3) is 0.227. The van der Waals surface area contributed by atoms with E-state index in [1.807, 2.05) is 42.5 Å². The van der Waals surface area contributed by atoms with Crippen LogP contribution in [0.4, 0.5) is 11.6 Å². The van der Waals surface area contributed by atoms with Crippen LogP contribution in [0, 0.1) is 0 Å². The first kappa shape index (κ1) is 18.7. The molecule has 0 unspecified atom stereocenters. The maximum Gasteiger partial charge on any atom is 0.274 e. The van der Waals surface area contributed by atoms with E-state index in [1.54, 1.807) is 12.3 Å². The third-order valence-corrected chi connectivity index (χ3v) is 4.61. The summed E-state index contributed by atoms with van der Waals surface area (Å²) in [6, 6.07) is 15.1. The molecule has 0 fully saturated rings. The van der Waals surface area contributed by atoms with Crippen LogP contribution in [-0.2, 0) is 6.54 Å². The maximum absolute atomic E-state index is 12.7. The number of fused-ring (bicyclic) bond motifs is 1.